The van der Waals surface area contributed by atoms with E-state index in [2.05, 4.69) is 15.3 Å². The first-order chi connectivity index (χ1) is 10.2. The van der Waals surface area contributed by atoms with Crippen LogP contribution in [0.3, 0.4) is 0 Å². The van der Waals surface area contributed by atoms with Crippen molar-refractivity contribution in [1.82, 2.24) is 9.97 Å². The highest BCUT2D eigenvalue weighted by Gasteiger charge is 2.05. The van der Waals surface area contributed by atoms with Crippen LogP contribution in [-0.4, -0.2) is 9.97 Å². The molecule has 4 nitrogen and oxygen atoms in total. The first-order valence-electron chi connectivity index (χ1n) is 6.74. The van der Waals surface area contributed by atoms with Gasteiger partial charge >= 0.3 is 0 Å². The van der Waals surface area contributed by atoms with Crippen molar-refractivity contribution in [2.75, 3.05) is 11.1 Å². The summed E-state index contributed by atoms with van der Waals surface area (Å²) >= 11 is 0. The molecule has 2 aromatic carbocycles. The Bertz CT molecular complexity index is 768. The van der Waals surface area contributed by atoms with Crippen LogP contribution in [0.15, 0.2) is 60.8 Å². The van der Waals surface area contributed by atoms with E-state index in [1.165, 1.54) is 5.56 Å². The molecule has 21 heavy (non-hydrogen) atoms. The van der Waals surface area contributed by atoms with E-state index in [-0.39, 0.29) is 0 Å². The Balaban J connectivity index is 1.92. The van der Waals surface area contributed by atoms with Gasteiger partial charge in [-0.25, -0.2) is 9.97 Å². The molecule has 3 rings (SSSR count). The number of benzene rings is 2. The molecule has 0 unspecified atom stereocenters. The standard InChI is InChI=1S/C17H16N4/c1-12-5-4-6-13(11-12)20-17-19-10-9-16(21-17)14-7-2-3-8-15(14)18/h2-11H,18H2,1H3,(H,19,20,21). The molecule has 0 atom stereocenters. The third kappa shape index (κ3) is 3.00. The number of nitrogens with one attached hydrogen (secondary N) is 1. The van der Waals surface area contributed by atoms with E-state index in [1.807, 2.05) is 61.5 Å². The monoisotopic (exact) mass is 276 g/mol. The van der Waals surface area contributed by atoms with Crippen LogP contribution in [0.25, 0.3) is 11.3 Å². The van der Waals surface area contributed by atoms with E-state index in [0.717, 1.165) is 16.9 Å². The zero-order valence-corrected chi connectivity index (χ0v) is 11.7. The molecule has 0 spiro atoms. The molecule has 3 N–H and O–H groups in total. The Labute approximate surface area is 123 Å². The minimum absolute atomic E-state index is 0.557. The Morgan fingerprint density at radius 2 is 1.86 bits per heavy atom. The van der Waals surface area contributed by atoms with Gasteiger partial charge in [0.2, 0.25) is 5.95 Å². The van der Waals surface area contributed by atoms with Crippen molar-refractivity contribution in [2.45, 2.75) is 6.92 Å². The number of hydrogen-bond acceptors (Lipinski definition) is 4. The molecule has 1 heterocycles. The average molecular weight is 276 g/mol. The van der Waals surface area contributed by atoms with Crippen LogP contribution >= 0.6 is 0 Å². The van der Waals surface area contributed by atoms with E-state index in [1.54, 1.807) is 6.20 Å². The van der Waals surface area contributed by atoms with Gasteiger partial charge < -0.3 is 11.1 Å². The number of anilines is 3. The quantitative estimate of drug-likeness (QED) is 0.715. The van der Waals surface area contributed by atoms with Crippen LogP contribution < -0.4 is 11.1 Å². The van der Waals surface area contributed by atoms with Crippen LogP contribution in [0.1, 0.15) is 5.56 Å². The van der Waals surface area contributed by atoms with Crippen molar-refractivity contribution in [1.29, 1.82) is 0 Å². The molecule has 104 valence electrons. The van der Waals surface area contributed by atoms with Crippen LogP contribution in [0.2, 0.25) is 0 Å². The van der Waals surface area contributed by atoms with Gasteiger partial charge in [-0.3, -0.25) is 0 Å². The van der Waals surface area contributed by atoms with Crippen LogP contribution in [0.4, 0.5) is 17.3 Å². The number of nitrogen functional groups attached to an aromatic ring is 1. The summed E-state index contributed by atoms with van der Waals surface area (Å²) in [7, 11) is 0. The average Bonchev–Trinajstić information content (AvgIpc) is 2.48. The Hall–Kier alpha value is -2.88. The summed E-state index contributed by atoms with van der Waals surface area (Å²) in [5.74, 6) is 0.557. The zero-order chi connectivity index (χ0) is 14.7. The fourth-order valence-corrected chi connectivity index (χ4v) is 2.15. The van der Waals surface area contributed by atoms with Crippen molar-refractivity contribution in [3.8, 4) is 11.3 Å². The lowest BCUT2D eigenvalue weighted by Crippen LogP contribution is -1.99. The zero-order valence-electron chi connectivity index (χ0n) is 11.7. The van der Waals surface area contributed by atoms with Crippen molar-refractivity contribution in [3.63, 3.8) is 0 Å². The van der Waals surface area contributed by atoms with Crippen molar-refractivity contribution in [3.05, 3.63) is 66.4 Å². The number of para-hydroxylation sites is 1. The van der Waals surface area contributed by atoms with Gasteiger partial charge in [0.15, 0.2) is 0 Å². The topological polar surface area (TPSA) is 63.8 Å². The highest BCUT2D eigenvalue weighted by molar-refractivity contribution is 5.74. The highest BCUT2D eigenvalue weighted by atomic mass is 15.1. The molecule has 0 amide bonds. The lowest BCUT2D eigenvalue weighted by Gasteiger charge is -2.08. The van der Waals surface area contributed by atoms with Gasteiger partial charge in [0.1, 0.15) is 0 Å². The molecule has 0 aliphatic rings. The Morgan fingerprint density at radius 1 is 1.00 bits per heavy atom. The lowest BCUT2D eigenvalue weighted by atomic mass is 10.1. The molecule has 1 aromatic heterocycles. The molecule has 0 saturated heterocycles. The number of hydrogen-bond donors (Lipinski definition) is 2. The summed E-state index contributed by atoms with van der Waals surface area (Å²) in [5, 5.41) is 3.21. The van der Waals surface area contributed by atoms with Crippen LogP contribution in [0.5, 0.6) is 0 Å². The first kappa shape index (κ1) is 13.1. The molecular weight excluding hydrogens is 260 g/mol. The number of aromatic nitrogens is 2. The maximum absolute atomic E-state index is 5.99. The van der Waals surface area contributed by atoms with E-state index in [9.17, 15) is 0 Å². The summed E-state index contributed by atoms with van der Waals surface area (Å²) in [5.41, 5.74) is 10.6. The predicted molar refractivity (Wildman–Crippen MR) is 86.3 cm³/mol. The Morgan fingerprint density at radius 3 is 2.67 bits per heavy atom. The van der Waals surface area contributed by atoms with Gasteiger partial charge in [0.25, 0.3) is 0 Å². The van der Waals surface area contributed by atoms with Gasteiger partial charge in [-0.2, -0.15) is 0 Å². The van der Waals surface area contributed by atoms with Gasteiger partial charge in [-0.05, 0) is 36.8 Å². The maximum atomic E-state index is 5.99. The summed E-state index contributed by atoms with van der Waals surface area (Å²) in [6, 6.07) is 17.6. The van der Waals surface area contributed by atoms with E-state index < -0.39 is 0 Å². The molecule has 0 bridgehead atoms. The lowest BCUT2D eigenvalue weighted by molar-refractivity contribution is 1.17. The SMILES string of the molecule is Cc1cccc(Nc2nccc(-c3ccccc3N)n2)c1. The Kier molecular flexibility index (Phi) is 3.51. The third-order valence-corrected chi connectivity index (χ3v) is 3.17. The smallest absolute Gasteiger partial charge is 0.227 e. The number of rotatable bonds is 3. The predicted octanol–water partition coefficient (Wildman–Crippen LogP) is 3.78. The fraction of sp³-hybridized carbons (Fsp3) is 0.0588. The van der Waals surface area contributed by atoms with Gasteiger partial charge in [-0.15, -0.1) is 0 Å². The van der Waals surface area contributed by atoms with Crippen LogP contribution in [-0.2, 0) is 0 Å². The molecule has 4 heteroatoms. The van der Waals surface area contributed by atoms with Gasteiger partial charge in [-0.1, -0.05) is 30.3 Å². The summed E-state index contributed by atoms with van der Waals surface area (Å²) in [4.78, 5) is 8.78. The maximum Gasteiger partial charge on any atom is 0.227 e. The van der Waals surface area contributed by atoms with E-state index in [4.69, 9.17) is 5.73 Å². The van der Waals surface area contributed by atoms with E-state index in [0.29, 0.717) is 11.6 Å². The molecule has 0 aliphatic carbocycles. The molecule has 0 aliphatic heterocycles. The van der Waals surface area contributed by atoms with Gasteiger partial charge in [0.05, 0.1) is 5.69 Å². The second kappa shape index (κ2) is 5.63. The molecular formula is C17H16N4. The number of nitrogens with two attached hydrogens (primary N) is 1. The second-order valence-corrected chi connectivity index (χ2v) is 4.85. The van der Waals surface area contributed by atoms with Crippen LogP contribution in [0, 0.1) is 6.92 Å². The summed E-state index contributed by atoms with van der Waals surface area (Å²) in [6.07, 6.45) is 1.73. The van der Waals surface area contributed by atoms with Gasteiger partial charge in [0, 0.05) is 23.1 Å². The minimum atomic E-state index is 0.557. The largest absolute Gasteiger partial charge is 0.398 e. The molecule has 0 saturated carbocycles. The van der Waals surface area contributed by atoms with E-state index >= 15 is 0 Å². The minimum Gasteiger partial charge on any atom is -0.398 e. The summed E-state index contributed by atoms with van der Waals surface area (Å²) in [6.45, 7) is 2.05. The number of nitrogens with zero attached hydrogens (tertiary/aromatic N) is 2. The third-order valence-electron chi connectivity index (χ3n) is 3.17. The fourth-order valence-electron chi connectivity index (χ4n) is 2.15. The molecule has 0 radical (unpaired) electrons. The highest BCUT2D eigenvalue weighted by Crippen LogP contribution is 2.24. The summed E-state index contributed by atoms with van der Waals surface area (Å²) < 4.78 is 0. The first-order valence-corrected chi connectivity index (χ1v) is 6.74. The second-order valence-electron chi connectivity index (χ2n) is 4.85. The normalized spacial score (nSPS) is 10.3. The molecule has 3 aromatic rings. The van der Waals surface area contributed by atoms with Crippen molar-refractivity contribution in [2.24, 2.45) is 0 Å². The number of aryl methyl sites for hydroxylation is 1. The van der Waals surface area contributed by atoms with Crippen molar-refractivity contribution < 1.29 is 0 Å². The molecule has 0 fully saturated rings. The van der Waals surface area contributed by atoms with Crippen molar-refractivity contribution >= 4 is 17.3 Å².